The summed E-state index contributed by atoms with van der Waals surface area (Å²) in [6.07, 6.45) is 0. The molecule has 0 aliphatic heterocycles. The lowest BCUT2D eigenvalue weighted by Gasteiger charge is -2.27. The number of benzene rings is 3. The quantitative estimate of drug-likeness (QED) is 0.432. The molecule has 0 fully saturated rings. The van der Waals surface area contributed by atoms with E-state index in [1.54, 1.807) is 24.3 Å². The highest BCUT2D eigenvalue weighted by atomic mass is 16.3. The molecule has 0 saturated heterocycles. The Labute approximate surface area is 179 Å². The zero-order chi connectivity index (χ0) is 22.3. The van der Waals surface area contributed by atoms with E-state index in [4.69, 9.17) is 0 Å². The summed E-state index contributed by atoms with van der Waals surface area (Å²) in [5.74, 6) is 0.617. The van der Waals surface area contributed by atoms with Crippen molar-refractivity contribution >= 4 is 0 Å². The van der Waals surface area contributed by atoms with E-state index in [2.05, 4.69) is 41.5 Å². The van der Waals surface area contributed by atoms with Gasteiger partial charge in [0.15, 0.2) is 0 Å². The summed E-state index contributed by atoms with van der Waals surface area (Å²) in [6, 6.07) is 18.7. The molecule has 0 heterocycles. The van der Waals surface area contributed by atoms with Crippen LogP contribution in [0.25, 0.3) is 0 Å². The molecular formula is C27H32O3. The van der Waals surface area contributed by atoms with Crippen molar-refractivity contribution < 1.29 is 15.3 Å². The minimum Gasteiger partial charge on any atom is -0.508 e. The Morgan fingerprint density at radius 1 is 0.567 bits per heavy atom. The molecule has 0 radical (unpaired) electrons. The van der Waals surface area contributed by atoms with Crippen LogP contribution in [0.15, 0.2) is 60.7 Å². The second-order valence-corrected chi connectivity index (χ2v) is 10.1. The summed E-state index contributed by atoms with van der Waals surface area (Å²) in [6.45, 7) is 12.5. The second kappa shape index (κ2) is 7.71. The normalized spacial score (nSPS) is 12.4. The zero-order valence-electron chi connectivity index (χ0n) is 18.7. The molecule has 0 aliphatic carbocycles. The van der Waals surface area contributed by atoms with Crippen molar-refractivity contribution in [3.05, 3.63) is 88.5 Å². The van der Waals surface area contributed by atoms with Crippen molar-refractivity contribution in [1.82, 2.24) is 0 Å². The standard InChI is InChI=1S/C27H32O3/c1-26(2,3)21-15-18(10-12-23(21)29)25(17-8-7-9-20(28)14-17)19-11-13-24(30)22(16-19)27(4,5)6/h7-16,25,28-30H,1-6H3. The van der Waals surface area contributed by atoms with E-state index in [0.29, 0.717) is 0 Å². The van der Waals surface area contributed by atoms with Crippen LogP contribution in [0.3, 0.4) is 0 Å². The first-order valence-corrected chi connectivity index (χ1v) is 10.3. The minimum absolute atomic E-state index is 0.152. The van der Waals surface area contributed by atoms with Gasteiger partial charge in [-0.2, -0.15) is 0 Å². The van der Waals surface area contributed by atoms with Crippen molar-refractivity contribution in [2.75, 3.05) is 0 Å². The number of phenolic OH excluding ortho intramolecular Hbond substituents is 3. The topological polar surface area (TPSA) is 60.7 Å². The third kappa shape index (κ3) is 4.46. The van der Waals surface area contributed by atoms with Crippen LogP contribution >= 0.6 is 0 Å². The van der Waals surface area contributed by atoms with E-state index >= 15 is 0 Å². The molecule has 0 atom stereocenters. The average Bonchev–Trinajstić information content (AvgIpc) is 2.63. The maximum absolute atomic E-state index is 10.5. The van der Waals surface area contributed by atoms with Gasteiger partial charge < -0.3 is 15.3 Å². The Bertz CT molecular complexity index is 989. The third-order valence-electron chi connectivity index (χ3n) is 5.53. The van der Waals surface area contributed by atoms with Gasteiger partial charge in [-0.25, -0.2) is 0 Å². The van der Waals surface area contributed by atoms with Crippen LogP contribution in [0.2, 0.25) is 0 Å². The van der Waals surface area contributed by atoms with Gasteiger partial charge in [-0.05, 0) is 62.9 Å². The zero-order valence-corrected chi connectivity index (χ0v) is 18.7. The van der Waals surface area contributed by atoms with Crippen LogP contribution in [0.1, 0.15) is 75.3 Å². The highest BCUT2D eigenvalue weighted by Crippen LogP contribution is 2.41. The Kier molecular flexibility index (Phi) is 5.60. The molecule has 0 aliphatic rings. The first-order valence-electron chi connectivity index (χ1n) is 10.3. The van der Waals surface area contributed by atoms with Gasteiger partial charge in [-0.15, -0.1) is 0 Å². The van der Waals surface area contributed by atoms with Gasteiger partial charge >= 0.3 is 0 Å². The minimum atomic E-state index is -0.213. The van der Waals surface area contributed by atoms with Gasteiger partial charge in [0.2, 0.25) is 0 Å². The van der Waals surface area contributed by atoms with Crippen molar-refractivity contribution in [2.45, 2.75) is 58.3 Å². The van der Waals surface area contributed by atoms with E-state index in [9.17, 15) is 15.3 Å². The van der Waals surface area contributed by atoms with Gasteiger partial charge in [0.1, 0.15) is 17.2 Å². The number of hydrogen-bond donors (Lipinski definition) is 3. The molecule has 0 amide bonds. The molecule has 3 N–H and O–H groups in total. The summed E-state index contributed by atoms with van der Waals surface area (Å²) >= 11 is 0. The molecule has 3 rings (SSSR count). The summed E-state index contributed by atoms with van der Waals surface area (Å²) < 4.78 is 0. The summed E-state index contributed by atoms with van der Waals surface area (Å²) in [5.41, 5.74) is 4.32. The van der Waals surface area contributed by atoms with E-state index < -0.39 is 0 Å². The monoisotopic (exact) mass is 404 g/mol. The fourth-order valence-corrected chi connectivity index (χ4v) is 3.95. The lowest BCUT2D eigenvalue weighted by atomic mass is 9.78. The Morgan fingerprint density at radius 3 is 1.40 bits per heavy atom. The molecule has 0 bridgehead atoms. The number of hydrogen-bond acceptors (Lipinski definition) is 3. The van der Waals surface area contributed by atoms with Crippen molar-refractivity contribution in [1.29, 1.82) is 0 Å². The maximum atomic E-state index is 10.5. The second-order valence-electron chi connectivity index (χ2n) is 10.1. The van der Waals surface area contributed by atoms with E-state index in [1.165, 1.54) is 0 Å². The van der Waals surface area contributed by atoms with Gasteiger partial charge in [-0.3, -0.25) is 0 Å². The van der Waals surface area contributed by atoms with Crippen molar-refractivity contribution in [3.8, 4) is 17.2 Å². The number of aromatic hydroxyl groups is 3. The van der Waals surface area contributed by atoms with Crippen LogP contribution < -0.4 is 0 Å². The molecule has 0 aromatic heterocycles. The van der Waals surface area contributed by atoms with Gasteiger partial charge in [0, 0.05) is 5.92 Å². The van der Waals surface area contributed by atoms with Crippen LogP contribution in [-0.4, -0.2) is 15.3 Å². The Balaban J connectivity index is 2.27. The summed E-state index contributed by atoms with van der Waals surface area (Å²) in [7, 11) is 0. The first kappa shape index (κ1) is 21.8. The maximum Gasteiger partial charge on any atom is 0.119 e. The van der Waals surface area contributed by atoms with Crippen molar-refractivity contribution in [2.24, 2.45) is 0 Å². The highest BCUT2D eigenvalue weighted by Gasteiger charge is 2.25. The van der Waals surface area contributed by atoms with E-state index in [1.807, 2.05) is 36.4 Å². The summed E-state index contributed by atoms with van der Waals surface area (Å²) in [5, 5.41) is 31.0. The Hall–Kier alpha value is -2.94. The molecular weight excluding hydrogens is 372 g/mol. The SMILES string of the molecule is CC(C)(C)c1cc(C(c2cccc(O)c2)c2ccc(O)c(C(C)(C)C)c2)ccc1O. The van der Waals surface area contributed by atoms with Crippen LogP contribution in [0, 0.1) is 0 Å². The predicted octanol–water partition coefficient (Wildman–Crippen LogP) is 6.58. The number of rotatable bonds is 3. The van der Waals surface area contributed by atoms with Gasteiger partial charge in [0.25, 0.3) is 0 Å². The van der Waals surface area contributed by atoms with Gasteiger partial charge in [-0.1, -0.05) is 77.9 Å². The molecule has 0 unspecified atom stereocenters. The Morgan fingerprint density at radius 2 is 1.00 bits per heavy atom. The smallest absolute Gasteiger partial charge is 0.119 e. The first-order chi connectivity index (χ1) is 13.9. The molecule has 30 heavy (non-hydrogen) atoms. The van der Waals surface area contributed by atoms with E-state index in [-0.39, 0.29) is 34.0 Å². The van der Waals surface area contributed by atoms with Crippen molar-refractivity contribution in [3.63, 3.8) is 0 Å². The highest BCUT2D eigenvalue weighted by molar-refractivity contribution is 5.52. The predicted molar refractivity (Wildman–Crippen MR) is 123 cm³/mol. The molecule has 3 heteroatoms. The molecule has 0 saturated carbocycles. The average molecular weight is 405 g/mol. The fourth-order valence-electron chi connectivity index (χ4n) is 3.95. The largest absolute Gasteiger partial charge is 0.508 e. The summed E-state index contributed by atoms with van der Waals surface area (Å²) in [4.78, 5) is 0. The van der Waals surface area contributed by atoms with Gasteiger partial charge in [0.05, 0.1) is 0 Å². The van der Waals surface area contributed by atoms with Crippen LogP contribution in [0.5, 0.6) is 17.2 Å². The van der Waals surface area contributed by atoms with E-state index in [0.717, 1.165) is 27.8 Å². The molecule has 158 valence electrons. The lowest BCUT2D eigenvalue weighted by Crippen LogP contribution is -2.14. The van der Waals surface area contributed by atoms with Crippen LogP contribution in [0.4, 0.5) is 0 Å². The fraction of sp³-hybridized carbons (Fsp3) is 0.333. The molecule has 3 aromatic rings. The molecule has 3 nitrogen and oxygen atoms in total. The lowest BCUT2D eigenvalue weighted by molar-refractivity contribution is 0.446. The van der Waals surface area contributed by atoms with Crippen LogP contribution in [-0.2, 0) is 10.8 Å². The molecule has 0 spiro atoms. The molecule has 3 aromatic carbocycles. The third-order valence-corrected chi connectivity index (χ3v) is 5.53. The number of phenols is 3.